The van der Waals surface area contributed by atoms with E-state index in [2.05, 4.69) is 47.6 Å². The van der Waals surface area contributed by atoms with E-state index in [9.17, 15) is 4.79 Å². The quantitative estimate of drug-likeness (QED) is 0.114. The molecule has 0 aromatic rings. The minimum Gasteiger partial charge on any atom is -0.438 e. The van der Waals surface area contributed by atoms with E-state index in [0.29, 0.717) is 50.3 Å². The highest BCUT2D eigenvalue weighted by atomic mass is 16.7. The molecule has 0 aromatic heterocycles. The molecule has 0 amide bonds. The Kier molecular flexibility index (Phi) is 9.17. The van der Waals surface area contributed by atoms with Gasteiger partial charge in [-0.05, 0) is 125 Å². The molecule has 7 nitrogen and oxygen atoms in total. The molecule has 6 aliphatic rings. The van der Waals surface area contributed by atoms with Crippen molar-refractivity contribution in [2.45, 2.75) is 139 Å². The molecule has 0 bridgehead atoms. The van der Waals surface area contributed by atoms with Gasteiger partial charge in [0.2, 0.25) is 0 Å². The third kappa shape index (κ3) is 5.02. The Hall–Kier alpha value is -0.990. The summed E-state index contributed by atoms with van der Waals surface area (Å²) >= 11 is 0. The van der Waals surface area contributed by atoms with E-state index in [1.165, 1.54) is 6.42 Å². The molecule has 1 heterocycles. The molecule has 0 radical (unpaired) electrons. The first-order valence-electron chi connectivity index (χ1n) is 18.6. The number of rotatable bonds is 8. The third-order valence-electron chi connectivity index (χ3n) is 15.3. The van der Waals surface area contributed by atoms with Crippen molar-refractivity contribution < 1.29 is 33.2 Å². The molecule has 12 atom stereocenters. The maximum atomic E-state index is 14.0. The smallest absolute Gasteiger partial charge is 0.314 e. The Labute approximate surface area is 279 Å². The Bertz CT molecular complexity index is 1180. The predicted molar refractivity (Wildman–Crippen MR) is 178 cm³/mol. The van der Waals surface area contributed by atoms with Crippen LogP contribution in [0.3, 0.4) is 0 Å². The van der Waals surface area contributed by atoms with Crippen LogP contribution in [-0.2, 0) is 33.2 Å². The van der Waals surface area contributed by atoms with E-state index >= 15 is 0 Å². The van der Waals surface area contributed by atoms with E-state index in [0.717, 1.165) is 44.9 Å². The minimum absolute atomic E-state index is 0.0184. The zero-order valence-corrected chi connectivity index (χ0v) is 30.7. The van der Waals surface area contributed by atoms with E-state index in [1.807, 2.05) is 27.7 Å². The zero-order valence-electron chi connectivity index (χ0n) is 30.7. The number of hydrogen-bond acceptors (Lipinski definition) is 7. The second kappa shape index (κ2) is 12.1. The normalized spacial score (nSPS) is 49.3. The lowest BCUT2D eigenvalue weighted by molar-refractivity contribution is -0.375. The summed E-state index contributed by atoms with van der Waals surface area (Å²) < 4.78 is 37.0. The molecule has 262 valence electrons. The Morgan fingerprint density at radius 2 is 1.61 bits per heavy atom. The molecule has 6 unspecified atom stereocenters. The van der Waals surface area contributed by atoms with E-state index < -0.39 is 11.2 Å². The van der Waals surface area contributed by atoms with Crippen molar-refractivity contribution in [1.29, 1.82) is 0 Å². The van der Waals surface area contributed by atoms with Crippen LogP contribution in [0.4, 0.5) is 0 Å². The fraction of sp³-hybridized carbons (Fsp3) is 0.923. The van der Waals surface area contributed by atoms with Gasteiger partial charge in [-0.15, -0.1) is 0 Å². The number of hydrogen-bond donors (Lipinski definition) is 0. The average Bonchev–Trinajstić information content (AvgIpc) is 3.00. The van der Waals surface area contributed by atoms with Crippen molar-refractivity contribution in [2.24, 2.45) is 56.7 Å². The van der Waals surface area contributed by atoms with Crippen LogP contribution in [0.5, 0.6) is 0 Å². The van der Waals surface area contributed by atoms with Crippen molar-refractivity contribution >= 4 is 5.97 Å². The number of carbonyl (C=O) groups excluding carboxylic acids is 1. The first-order chi connectivity index (χ1) is 21.6. The van der Waals surface area contributed by atoms with Crippen molar-refractivity contribution in [2.75, 3.05) is 33.4 Å². The first-order valence-corrected chi connectivity index (χ1v) is 18.6. The largest absolute Gasteiger partial charge is 0.438 e. The van der Waals surface area contributed by atoms with Crippen molar-refractivity contribution in [1.82, 2.24) is 0 Å². The van der Waals surface area contributed by atoms with Gasteiger partial charge in [-0.1, -0.05) is 53.2 Å². The standard InChI is InChI=1S/C39H64O7/c1-11-41-23-43-28-21-35(7)29(36(8)22-45-34(5,6)46-32(28)36)16-17-38(10)30(35)14-13-27-31-26(4)25(3)15-18-39(31,20-19-37(27,38)9)33(40)44-24-42-12-2/h13,25-26,28-32H,11-12,14-24H2,1-10H3/t25-,26+,28?,29?,30?,31?,32?,35+,36+,37-,38-,39?/m1/s1. The molecular weight excluding hydrogens is 580 g/mol. The maximum Gasteiger partial charge on any atom is 0.314 e. The van der Waals surface area contributed by atoms with E-state index in [4.69, 9.17) is 28.4 Å². The number of allylic oxidation sites excluding steroid dienone is 2. The summed E-state index contributed by atoms with van der Waals surface area (Å²) in [7, 11) is 0. The molecule has 5 fully saturated rings. The molecule has 6 rings (SSSR count). The van der Waals surface area contributed by atoms with Crippen LogP contribution in [0.25, 0.3) is 0 Å². The molecule has 7 heteroatoms. The second-order valence-corrected chi connectivity index (χ2v) is 17.6. The van der Waals surface area contributed by atoms with Gasteiger partial charge in [-0.25, -0.2) is 0 Å². The van der Waals surface area contributed by atoms with Gasteiger partial charge >= 0.3 is 5.97 Å². The molecule has 1 aliphatic heterocycles. The third-order valence-corrected chi connectivity index (χ3v) is 15.3. The van der Waals surface area contributed by atoms with Crippen molar-refractivity contribution in [3.63, 3.8) is 0 Å². The van der Waals surface area contributed by atoms with Crippen LogP contribution < -0.4 is 0 Å². The Morgan fingerprint density at radius 1 is 0.891 bits per heavy atom. The lowest BCUT2D eigenvalue weighted by Crippen LogP contribution is -2.71. The predicted octanol–water partition coefficient (Wildman–Crippen LogP) is 8.30. The van der Waals surface area contributed by atoms with Gasteiger partial charge in [-0.3, -0.25) is 4.79 Å². The van der Waals surface area contributed by atoms with Crippen LogP contribution in [0.1, 0.15) is 121 Å². The fourth-order valence-electron chi connectivity index (χ4n) is 12.5. The summed E-state index contributed by atoms with van der Waals surface area (Å²) in [5.41, 5.74) is 1.13. The van der Waals surface area contributed by atoms with Gasteiger partial charge in [0.25, 0.3) is 0 Å². The van der Waals surface area contributed by atoms with E-state index in [1.54, 1.807) is 5.57 Å². The second-order valence-electron chi connectivity index (χ2n) is 17.6. The van der Waals surface area contributed by atoms with Gasteiger partial charge in [0.15, 0.2) is 12.6 Å². The van der Waals surface area contributed by atoms with Crippen LogP contribution >= 0.6 is 0 Å². The molecule has 0 N–H and O–H groups in total. The van der Waals surface area contributed by atoms with Crippen molar-refractivity contribution in [3.05, 3.63) is 11.6 Å². The topological polar surface area (TPSA) is 72.5 Å². The summed E-state index contributed by atoms with van der Waals surface area (Å²) in [6.45, 7) is 25.2. The highest BCUT2D eigenvalue weighted by Crippen LogP contribution is 2.76. The fourth-order valence-corrected chi connectivity index (χ4v) is 12.5. The molecular formula is C39H64O7. The number of fused-ring (bicyclic) bond motifs is 9. The van der Waals surface area contributed by atoms with Gasteiger partial charge in [0.1, 0.15) is 6.79 Å². The number of esters is 1. The van der Waals surface area contributed by atoms with Crippen LogP contribution in [0.2, 0.25) is 0 Å². The maximum absolute atomic E-state index is 14.0. The SMILES string of the molecule is CCOCOC(=O)C12CC[C@@H](C)[C@H](C)C1C1=CCC3[C@@]4(C)CC(OCOCC)C5OC(C)(C)OC[C@@]5(C)C4CC[C@@]3(C)[C@]1(C)CC2. The summed E-state index contributed by atoms with van der Waals surface area (Å²) in [4.78, 5) is 14.0. The average molecular weight is 645 g/mol. The summed E-state index contributed by atoms with van der Waals surface area (Å²) in [6, 6.07) is 0. The monoisotopic (exact) mass is 644 g/mol. The molecule has 5 aliphatic carbocycles. The molecule has 1 saturated heterocycles. The van der Waals surface area contributed by atoms with Crippen LogP contribution in [-0.4, -0.2) is 57.4 Å². The first kappa shape index (κ1) is 34.9. The highest BCUT2D eigenvalue weighted by molar-refractivity contribution is 5.78. The highest BCUT2D eigenvalue weighted by Gasteiger charge is 2.72. The molecule has 46 heavy (non-hydrogen) atoms. The zero-order chi connectivity index (χ0) is 33.3. The number of carbonyl (C=O) groups is 1. The summed E-state index contributed by atoms with van der Waals surface area (Å²) in [5.74, 6) is 1.52. The Balaban J connectivity index is 1.39. The van der Waals surface area contributed by atoms with Gasteiger partial charge in [0.05, 0.1) is 24.2 Å². The molecule has 4 saturated carbocycles. The Morgan fingerprint density at radius 3 is 2.33 bits per heavy atom. The molecule has 0 aromatic carbocycles. The summed E-state index contributed by atoms with van der Waals surface area (Å²) in [5, 5.41) is 0. The lowest BCUT2D eigenvalue weighted by atomic mass is 9.33. The lowest BCUT2D eigenvalue weighted by Gasteiger charge is -2.72. The summed E-state index contributed by atoms with van der Waals surface area (Å²) in [6.07, 6.45) is 10.8. The molecule has 0 spiro atoms. The number of ether oxygens (including phenoxy) is 6. The minimum atomic E-state index is -0.628. The van der Waals surface area contributed by atoms with Crippen LogP contribution in [0, 0.1) is 56.7 Å². The van der Waals surface area contributed by atoms with Crippen LogP contribution in [0.15, 0.2) is 11.6 Å². The van der Waals surface area contributed by atoms with Gasteiger partial charge < -0.3 is 28.4 Å². The van der Waals surface area contributed by atoms with E-state index in [-0.39, 0.29) is 52.5 Å². The van der Waals surface area contributed by atoms with Gasteiger partial charge in [-0.2, -0.15) is 0 Å². The van der Waals surface area contributed by atoms with Gasteiger partial charge in [0, 0.05) is 18.6 Å². The van der Waals surface area contributed by atoms with Crippen molar-refractivity contribution in [3.8, 4) is 0 Å².